The number of amides is 1. The van der Waals surface area contributed by atoms with Crippen LogP contribution in [0.4, 0.5) is 0 Å². The maximum atomic E-state index is 12.5. The average Bonchev–Trinajstić information content (AvgIpc) is 3.36. The second kappa shape index (κ2) is 59.6. The molecule has 0 saturated heterocycles. The number of aliphatic hydroxyl groups is 2. The van der Waals surface area contributed by atoms with E-state index in [1.807, 2.05) is 6.08 Å². The summed E-state index contributed by atoms with van der Waals surface area (Å²) in [7, 11) is 0. The molecule has 3 N–H and O–H groups in total. The number of rotatable bonds is 58. The molecule has 2 atom stereocenters. The summed E-state index contributed by atoms with van der Waals surface area (Å²) in [4.78, 5) is 24.6. The molecule has 0 saturated carbocycles. The van der Waals surface area contributed by atoms with Crippen LogP contribution in [0.5, 0.6) is 0 Å². The van der Waals surface area contributed by atoms with Crippen LogP contribution in [0.25, 0.3) is 0 Å². The van der Waals surface area contributed by atoms with Crippen molar-refractivity contribution < 1.29 is 24.5 Å². The minimum atomic E-state index is -0.856. The van der Waals surface area contributed by atoms with E-state index in [1.54, 1.807) is 6.08 Å². The maximum Gasteiger partial charge on any atom is 0.305 e. The number of carbonyl (C=O) groups is 2. The quantitative estimate of drug-likeness (QED) is 0.0321. The van der Waals surface area contributed by atoms with Crippen molar-refractivity contribution in [2.24, 2.45) is 0 Å². The van der Waals surface area contributed by atoms with Crippen LogP contribution in [-0.4, -0.2) is 47.4 Å². The van der Waals surface area contributed by atoms with Gasteiger partial charge in [-0.05, 0) is 83.5 Å². The van der Waals surface area contributed by atoms with Crippen molar-refractivity contribution in [2.45, 2.75) is 347 Å². The lowest BCUT2D eigenvalue weighted by molar-refractivity contribution is -0.143. The van der Waals surface area contributed by atoms with Crippen molar-refractivity contribution in [1.82, 2.24) is 5.32 Å². The van der Waals surface area contributed by atoms with Gasteiger partial charge in [0.05, 0.1) is 25.4 Å². The van der Waals surface area contributed by atoms with E-state index in [1.165, 1.54) is 238 Å². The zero-order valence-electron chi connectivity index (χ0n) is 47.0. The third-order valence-corrected chi connectivity index (χ3v) is 14.4. The maximum absolute atomic E-state index is 12.5. The van der Waals surface area contributed by atoms with Gasteiger partial charge in [-0.2, -0.15) is 0 Å². The highest BCUT2D eigenvalue weighted by Crippen LogP contribution is 2.17. The van der Waals surface area contributed by atoms with Crippen LogP contribution in [0.1, 0.15) is 335 Å². The Bertz CT molecular complexity index is 1130. The van der Waals surface area contributed by atoms with E-state index in [0.717, 1.165) is 70.6 Å². The van der Waals surface area contributed by atoms with Crippen molar-refractivity contribution in [3.05, 3.63) is 36.5 Å². The first-order valence-corrected chi connectivity index (χ1v) is 31.3. The van der Waals surface area contributed by atoms with Gasteiger partial charge in [0.25, 0.3) is 0 Å². The summed E-state index contributed by atoms with van der Waals surface area (Å²) >= 11 is 0. The highest BCUT2D eigenvalue weighted by atomic mass is 16.5. The molecule has 2 unspecified atom stereocenters. The molecule has 1 amide bonds. The molecule has 0 aliphatic heterocycles. The van der Waals surface area contributed by atoms with Crippen molar-refractivity contribution >= 4 is 11.9 Å². The van der Waals surface area contributed by atoms with E-state index in [9.17, 15) is 19.8 Å². The first-order valence-electron chi connectivity index (χ1n) is 31.3. The second-order valence-corrected chi connectivity index (χ2v) is 21.4. The van der Waals surface area contributed by atoms with Crippen LogP contribution in [-0.2, 0) is 14.3 Å². The Hall–Kier alpha value is -1.92. The predicted molar refractivity (Wildman–Crippen MR) is 306 cm³/mol. The summed E-state index contributed by atoms with van der Waals surface area (Å²) in [5.74, 6) is -0.0992. The number of ether oxygens (including phenoxy) is 1. The van der Waals surface area contributed by atoms with Crippen molar-refractivity contribution in [3.8, 4) is 0 Å². The lowest BCUT2D eigenvalue weighted by atomic mass is 10.0. The number of unbranched alkanes of at least 4 members (excludes halogenated alkanes) is 43. The number of esters is 1. The van der Waals surface area contributed by atoms with Gasteiger partial charge in [-0.25, -0.2) is 0 Å². The van der Waals surface area contributed by atoms with Gasteiger partial charge in [0.2, 0.25) is 5.91 Å². The molecule has 0 radical (unpaired) electrons. The molecule has 0 aromatic rings. The summed E-state index contributed by atoms with van der Waals surface area (Å²) in [6, 6.07) is -0.641. The first-order chi connectivity index (χ1) is 34.5. The molecular weight excluding hydrogens is 863 g/mol. The van der Waals surface area contributed by atoms with Crippen LogP contribution >= 0.6 is 0 Å². The Labute approximate surface area is 436 Å². The molecule has 0 fully saturated rings. The van der Waals surface area contributed by atoms with Crippen LogP contribution in [0.3, 0.4) is 0 Å². The van der Waals surface area contributed by atoms with Crippen LogP contribution in [0, 0.1) is 0 Å². The summed E-state index contributed by atoms with van der Waals surface area (Å²) in [5.41, 5.74) is 0. The lowest BCUT2D eigenvalue weighted by Gasteiger charge is -2.20. The van der Waals surface area contributed by atoms with Gasteiger partial charge >= 0.3 is 5.97 Å². The number of hydrogen-bond donors (Lipinski definition) is 3. The first kappa shape index (κ1) is 68.1. The molecule has 412 valence electrons. The Morgan fingerprint density at radius 1 is 0.386 bits per heavy atom. The molecule has 0 aromatic carbocycles. The number of aliphatic hydroxyl groups excluding tert-OH is 2. The smallest absolute Gasteiger partial charge is 0.305 e. The topological polar surface area (TPSA) is 95.9 Å². The minimum Gasteiger partial charge on any atom is -0.466 e. The van der Waals surface area contributed by atoms with Crippen molar-refractivity contribution in [1.29, 1.82) is 0 Å². The standard InChI is InChI=1S/C64H121NO5/c1-3-5-7-9-11-13-15-17-19-21-22-23-24-25-26-28-32-36-40-44-48-52-56-62(67)61(60-66)65-63(68)57-53-49-45-41-37-33-29-27-31-35-39-43-47-51-55-59-70-64(69)58-54-50-46-42-38-34-30-20-18-16-14-12-10-8-6-4-2/h20,30-31,35,52,56,61-62,66-67H,3-19,21-29,32-34,36-51,53-55,57-60H2,1-2H3,(H,65,68)/b30-20-,35-31-,56-52+. The van der Waals surface area contributed by atoms with Gasteiger partial charge in [-0.1, -0.05) is 275 Å². The molecule has 0 bridgehead atoms. The Kier molecular flexibility index (Phi) is 58.0. The van der Waals surface area contributed by atoms with E-state index in [-0.39, 0.29) is 18.5 Å². The third kappa shape index (κ3) is 55.4. The molecule has 0 heterocycles. The largest absolute Gasteiger partial charge is 0.466 e. The van der Waals surface area contributed by atoms with E-state index < -0.39 is 12.1 Å². The lowest BCUT2D eigenvalue weighted by Crippen LogP contribution is -2.45. The van der Waals surface area contributed by atoms with Crippen LogP contribution in [0.2, 0.25) is 0 Å². The Morgan fingerprint density at radius 3 is 1.01 bits per heavy atom. The minimum absolute atomic E-state index is 0.0182. The van der Waals surface area contributed by atoms with E-state index in [2.05, 4.69) is 43.5 Å². The highest BCUT2D eigenvalue weighted by Gasteiger charge is 2.18. The number of allylic oxidation sites excluding steroid dienone is 5. The summed E-state index contributed by atoms with van der Waals surface area (Å²) in [6.45, 7) is 4.88. The molecule has 0 rings (SSSR count). The molecule has 6 heteroatoms. The third-order valence-electron chi connectivity index (χ3n) is 14.4. The van der Waals surface area contributed by atoms with Crippen molar-refractivity contribution in [2.75, 3.05) is 13.2 Å². The molecule has 6 nitrogen and oxygen atoms in total. The fraction of sp³-hybridized carbons (Fsp3) is 0.875. The Balaban J connectivity index is 3.50. The summed E-state index contributed by atoms with van der Waals surface area (Å²) in [5, 5.41) is 23.2. The van der Waals surface area contributed by atoms with E-state index >= 15 is 0 Å². The fourth-order valence-corrected chi connectivity index (χ4v) is 9.57. The monoisotopic (exact) mass is 984 g/mol. The van der Waals surface area contributed by atoms with Crippen LogP contribution < -0.4 is 5.32 Å². The molecule has 0 aromatic heterocycles. The molecule has 70 heavy (non-hydrogen) atoms. The molecule has 0 aliphatic carbocycles. The van der Waals surface area contributed by atoms with Crippen molar-refractivity contribution in [3.63, 3.8) is 0 Å². The van der Waals surface area contributed by atoms with Gasteiger partial charge in [-0.3, -0.25) is 9.59 Å². The predicted octanol–water partition coefficient (Wildman–Crippen LogP) is 19.6. The molecule has 0 spiro atoms. The summed E-state index contributed by atoms with van der Waals surface area (Å²) in [6.07, 6.45) is 74.6. The number of hydrogen-bond acceptors (Lipinski definition) is 5. The molecular formula is C64H121NO5. The highest BCUT2D eigenvalue weighted by molar-refractivity contribution is 5.76. The van der Waals surface area contributed by atoms with Crippen LogP contribution in [0.15, 0.2) is 36.5 Å². The van der Waals surface area contributed by atoms with E-state index in [0.29, 0.717) is 19.4 Å². The van der Waals surface area contributed by atoms with Gasteiger partial charge in [0.15, 0.2) is 0 Å². The summed E-state index contributed by atoms with van der Waals surface area (Å²) < 4.78 is 5.47. The Morgan fingerprint density at radius 2 is 0.671 bits per heavy atom. The number of nitrogens with one attached hydrogen (secondary N) is 1. The molecule has 0 aliphatic rings. The van der Waals surface area contributed by atoms with Gasteiger partial charge in [-0.15, -0.1) is 0 Å². The van der Waals surface area contributed by atoms with Gasteiger partial charge < -0.3 is 20.3 Å². The van der Waals surface area contributed by atoms with Gasteiger partial charge in [0, 0.05) is 12.8 Å². The fourth-order valence-electron chi connectivity index (χ4n) is 9.57. The number of carbonyl (C=O) groups excluding carboxylic acids is 2. The average molecular weight is 985 g/mol. The second-order valence-electron chi connectivity index (χ2n) is 21.4. The van der Waals surface area contributed by atoms with E-state index in [4.69, 9.17) is 4.74 Å². The SMILES string of the molecule is CCCCCCCCC/C=C\CCCCCCCC(=O)OCCCCCC/C=C\CCCCCCCCCC(=O)NC(CO)C(O)/C=C/CCCCCCCCCCCCCCCCCCCCCC. The zero-order chi connectivity index (χ0) is 50.7. The van der Waals surface area contributed by atoms with Gasteiger partial charge in [0.1, 0.15) is 0 Å². The normalized spacial score (nSPS) is 12.8. The zero-order valence-corrected chi connectivity index (χ0v) is 47.0.